The molecular weight excluding hydrogens is 587 g/mol. The van der Waals surface area contributed by atoms with Gasteiger partial charge < -0.3 is 14.2 Å². The fraction of sp³-hybridized carbons (Fsp3) is 0.120. The number of nitrogens with zero attached hydrogens (tertiary/aromatic N) is 2. The summed E-state index contributed by atoms with van der Waals surface area (Å²) in [7, 11) is 0. The number of nitro groups is 1. The molecule has 0 saturated heterocycles. The van der Waals surface area contributed by atoms with E-state index >= 15 is 0 Å². The molecule has 0 saturated carbocycles. The molecule has 0 spiro atoms. The Labute approximate surface area is 219 Å². The van der Waals surface area contributed by atoms with Gasteiger partial charge in [-0.25, -0.2) is 9.79 Å². The van der Waals surface area contributed by atoms with Crippen molar-refractivity contribution >= 4 is 57.8 Å². The number of rotatable bonds is 8. The Kier molecular flexibility index (Phi) is 7.67. The van der Waals surface area contributed by atoms with Crippen LogP contribution in [-0.4, -0.2) is 23.4 Å². The predicted octanol–water partition coefficient (Wildman–Crippen LogP) is 6.18. The van der Waals surface area contributed by atoms with Crippen LogP contribution in [0.2, 0.25) is 5.02 Å². The summed E-state index contributed by atoms with van der Waals surface area (Å²) in [5, 5.41) is 11.3. The van der Waals surface area contributed by atoms with Crippen molar-refractivity contribution in [2.24, 2.45) is 4.99 Å². The first kappa shape index (κ1) is 24.7. The van der Waals surface area contributed by atoms with Gasteiger partial charge in [-0.15, -0.1) is 0 Å². The molecular formula is C25H18ClIN2O6. The lowest BCUT2D eigenvalue weighted by Gasteiger charge is -2.13. The van der Waals surface area contributed by atoms with Gasteiger partial charge in [-0.2, -0.15) is 0 Å². The quantitative estimate of drug-likeness (QED) is 0.100. The maximum atomic E-state index is 12.4. The van der Waals surface area contributed by atoms with Crippen LogP contribution in [0.1, 0.15) is 23.6 Å². The van der Waals surface area contributed by atoms with Crippen molar-refractivity contribution in [3.8, 4) is 11.5 Å². The number of hydrogen-bond acceptors (Lipinski definition) is 7. The topological polar surface area (TPSA) is 100 Å². The van der Waals surface area contributed by atoms with Crippen molar-refractivity contribution in [1.82, 2.24) is 0 Å². The molecule has 0 bridgehead atoms. The number of hydrogen-bond donors (Lipinski definition) is 0. The minimum absolute atomic E-state index is 0.0255. The molecule has 0 radical (unpaired) electrons. The molecule has 0 amide bonds. The van der Waals surface area contributed by atoms with Gasteiger partial charge in [0.25, 0.3) is 5.69 Å². The van der Waals surface area contributed by atoms with Gasteiger partial charge in [0.05, 0.1) is 22.1 Å². The molecule has 0 fully saturated rings. The Morgan fingerprint density at radius 3 is 2.57 bits per heavy atom. The zero-order chi connectivity index (χ0) is 24.9. The Morgan fingerprint density at radius 2 is 1.86 bits per heavy atom. The third-order valence-electron chi connectivity index (χ3n) is 4.89. The molecule has 10 heteroatoms. The zero-order valence-electron chi connectivity index (χ0n) is 18.4. The lowest BCUT2D eigenvalue weighted by molar-refractivity contribution is -0.384. The van der Waals surface area contributed by atoms with Gasteiger partial charge in [0.15, 0.2) is 17.2 Å². The number of esters is 1. The smallest absolute Gasteiger partial charge is 0.363 e. The highest BCUT2D eigenvalue weighted by Gasteiger charge is 2.27. The standard InChI is InChI=1S/C25H18ClIN2O6/c1-2-33-23-12-16(5-10-22(23)34-14-15-3-6-17(27)7-4-15)11-21-25(30)35-24(28-21)19-13-18(29(31)32)8-9-20(19)26/h3-13H,2,14H2,1H3/b21-11-. The molecule has 1 heterocycles. The van der Waals surface area contributed by atoms with E-state index in [0.717, 1.165) is 9.13 Å². The molecule has 0 aliphatic carbocycles. The number of non-ortho nitro benzene ring substituents is 1. The van der Waals surface area contributed by atoms with Gasteiger partial charge in [-0.05, 0) is 77.0 Å². The molecule has 1 aliphatic rings. The first-order valence-electron chi connectivity index (χ1n) is 10.4. The van der Waals surface area contributed by atoms with Crippen LogP contribution in [0, 0.1) is 13.7 Å². The van der Waals surface area contributed by atoms with Crippen molar-refractivity contribution in [2.75, 3.05) is 6.61 Å². The van der Waals surface area contributed by atoms with Gasteiger partial charge in [0.1, 0.15) is 6.61 Å². The minimum Gasteiger partial charge on any atom is -0.490 e. The van der Waals surface area contributed by atoms with Gasteiger partial charge in [0, 0.05) is 15.7 Å². The lowest BCUT2D eigenvalue weighted by Crippen LogP contribution is -2.06. The van der Waals surface area contributed by atoms with E-state index in [1.54, 1.807) is 18.2 Å². The molecule has 0 N–H and O–H groups in total. The number of cyclic esters (lactones) is 1. The highest BCUT2D eigenvalue weighted by Crippen LogP contribution is 2.32. The molecule has 35 heavy (non-hydrogen) atoms. The van der Waals surface area contributed by atoms with Gasteiger partial charge in [-0.1, -0.05) is 29.8 Å². The van der Waals surface area contributed by atoms with Crippen molar-refractivity contribution in [3.05, 3.63) is 102 Å². The third kappa shape index (κ3) is 5.98. The second-order valence-electron chi connectivity index (χ2n) is 7.31. The Balaban J connectivity index is 1.58. The van der Waals surface area contributed by atoms with Crippen LogP contribution in [0.25, 0.3) is 6.08 Å². The number of nitro benzene ring substituents is 1. The fourth-order valence-electron chi connectivity index (χ4n) is 3.22. The molecule has 3 aromatic rings. The van der Waals surface area contributed by atoms with Crippen LogP contribution in [0.5, 0.6) is 11.5 Å². The molecule has 0 atom stereocenters. The average molecular weight is 605 g/mol. The average Bonchev–Trinajstić information content (AvgIpc) is 3.19. The number of ether oxygens (including phenoxy) is 3. The fourth-order valence-corrected chi connectivity index (χ4v) is 3.77. The van der Waals surface area contributed by atoms with E-state index in [1.165, 1.54) is 24.3 Å². The van der Waals surface area contributed by atoms with Crippen LogP contribution < -0.4 is 9.47 Å². The van der Waals surface area contributed by atoms with E-state index in [9.17, 15) is 14.9 Å². The molecule has 0 unspecified atom stereocenters. The van der Waals surface area contributed by atoms with Crippen LogP contribution in [0.4, 0.5) is 5.69 Å². The number of carbonyl (C=O) groups is 1. The van der Waals surface area contributed by atoms with E-state index < -0.39 is 10.9 Å². The van der Waals surface area contributed by atoms with Crippen LogP contribution in [-0.2, 0) is 16.1 Å². The van der Waals surface area contributed by atoms with Crippen LogP contribution in [0.15, 0.2) is 71.4 Å². The Hall–Kier alpha value is -3.44. The number of carbonyl (C=O) groups excluding carboxylic acids is 1. The normalized spacial score (nSPS) is 14.0. The minimum atomic E-state index is -0.695. The number of benzene rings is 3. The summed E-state index contributed by atoms with van der Waals surface area (Å²) in [6.45, 7) is 2.67. The van der Waals surface area contributed by atoms with Crippen molar-refractivity contribution < 1.29 is 23.9 Å². The van der Waals surface area contributed by atoms with E-state index in [1.807, 2.05) is 31.2 Å². The van der Waals surface area contributed by atoms with E-state index in [4.69, 9.17) is 25.8 Å². The summed E-state index contributed by atoms with van der Waals surface area (Å²) in [5.41, 5.74) is 1.65. The zero-order valence-corrected chi connectivity index (χ0v) is 21.3. The van der Waals surface area contributed by atoms with E-state index in [2.05, 4.69) is 27.6 Å². The predicted molar refractivity (Wildman–Crippen MR) is 140 cm³/mol. The van der Waals surface area contributed by atoms with Crippen molar-refractivity contribution in [2.45, 2.75) is 13.5 Å². The summed E-state index contributed by atoms with van der Waals surface area (Å²) in [5.74, 6) is 0.288. The monoisotopic (exact) mass is 604 g/mol. The number of halogens is 2. The Morgan fingerprint density at radius 1 is 1.09 bits per heavy atom. The van der Waals surface area contributed by atoms with Crippen molar-refractivity contribution in [1.29, 1.82) is 0 Å². The van der Waals surface area contributed by atoms with Crippen LogP contribution >= 0.6 is 34.2 Å². The molecule has 8 nitrogen and oxygen atoms in total. The largest absolute Gasteiger partial charge is 0.490 e. The molecule has 4 rings (SSSR count). The molecule has 0 aromatic heterocycles. The number of aliphatic imine (C=N–C) groups is 1. The van der Waals surface area contributed by atoms with E-state index in [0.29, 0.717) is 30.3 Å². The SMILES string of the molecule is CCOc1cc(/C=C2\N=C(c3cc([N+](=O)[O-])ccc3Cl)OC2=O)ccc1OCc1ccc(I)cc1. The highest BCUT2D eigenvalue weighted by atomic mass is 127. The summed E-state index contributed by atoms with van der Waals surface area (Å²) >= 11 is 8.39. The molecule has 1 aliphatic heterocycles. The Bertz CT molecular complexity index is 1350. The summed E-state index contributed by atoms with van der Waals surface area (Å²) in [4.78, 5) is 27.1. The maximum Gasteiger partial charge on any atom is 0.363 e. The third-order valence-corrected chi connectivity index (χ3v) is 5.94. The highest BCUT2D eigenvalue weighted by molar-refractivity contribution is 14.1. The lowest BCUT2D eigenvalue weighted by atomic mass is 10.1. The first-order chi connectivity index (χ1) is 16.8. The summed E-state index contributed by atoms with van der Waals surface area (Å²) in [6, 6.07) is 17.1. The molecule has 178 valence electrons. The second-order valence-corrected chi connectivity index (χ2v) is 8.96. The van der Waals surface area contributed by atoms with Gasteiger partial charge >= 0.3 is 5.97 Å². The summed E-state index contributed by atoms with van der Waals surface area (Å²) in [6.07, 6.45) is 1.53. The summed E-state index contributed by atoms with van der Waals surface area (Å²) < 4.78 is 18.0. The van der Waals surface area contributed by atoms with Gasteiger partial charge in [-0.3, -0.25) is 10.1 Å². The maximum absolute atomic E-state index is 12.4. The van der Waals surface area contributed by atoms with E-state index in [-0.39, 0.29) is 27.9 Å². The molecule has 3 aromatic carbocycles. The van der Waals surface area contributed by atoms with Crippen molar-refractivity contribution in [3.63, 3.8) is 0 Å². The van der Waals surface area contributed by atoms with Crippen LogP contribution in [0.3, 0.4) is 0 Å². The van der Waals surface area contributed by atoms with Gasteiger partial charge in [0.2, 0.25) is 5.90 Å². The first-order valence-corrected chi connectivity index (χ1v) is 11.9. The second kappa shape index (κ2) is 10.9.